The van der Waals surface area contributed by atoms with Crippen LogP contribution in [-0.4, -0.2) is 73.8 Å². The Morgan fingerprint density at radius 1 is 0.973 bits per heavy atom. The zero-order valence-corrected chi connectivity index (χ0v) is 21.6. The number of aliphatic carboxylic acids is 1. The Kier molecular flexibility index (Phi) is 11.4. The Labute approximate surface area is 220 Å². The van der Waals surface area contributed by atoms with E-state index < -0.39 is 47.9 Å². The van der Waals surface area contributed by atoms with Gasteiger partial charge in [-0.3, -0.25) is 14.4 Å². The third-order valence-corrected chi connectivity index (χ3v) is 5.84. The van der Waals surface area contributed by atoms with Crippen molar-refractivity contribution in [3.63, 3.8) is 0 Å². The molecule has 1 aromatic heterocycles. The molecule has 0 saturated carbocycles. The van der Waals surface area contributed by atoms with Crippen molar-refractivity contribution in [1.29, 1.82) is 0 Å². The number of carbonyl (C=O) groups excluding carboxylic acids is 3. The number of imidazole rings is 1. The smallest absolute Gasteiger partial charge is 0.327 e. The fourth-order valence-electron chi connectivity index (χ4n) is 3.51. The number of aromatic hydroxyl groups is 1. The molecule has 37 heavy (non-hydrogen) atoms. The van der Waals surface area contributed by atoms with E-state index >= 15 is 0 Å². The van der Waals surface area contributed by atoms with Crippen molar-refractivity contribution in [3.8, 4) is 5.75 Å². The van der Waals surface area contributed by atoms with E-state index in [1.165, 1.54) is 24.7 Å². The molecule has 12 nitrogen and oxygen atoms in total. The fraction of sp³-hybridized carbons (Fsp3) is 0.458. The number of hydrogen-bond acceptors (Lipinski definition) is 8. The Morgan fingerprint density at radius 3 is 2.11 bits per heavy atom. The predicted molar refractivity (Wildman–Crippen MR) is 139 cm³/mol. The Hall–Kier alpha value is -3.58. The summed E-state index contributed by atoms with van der Waals surface area (Å²) in [6.45, 7) is 3.70. The average molecular weight is 535 g/mol. The topological polar surface area (TPSA) is 200 Å². The summed E-state index contributed by atoms with van der Waals surface area (Å²) >= 11 is 3.95. The highest BCUT2D eigenvalue weighted by molar-refractivity contribution is 7.80. The number of H-pyrrole nitrogens is 1. The highest BCUT2D eigenvalue weighted by atomic mass is 32.1. The summed E-state index contributed by atoms with van der Waals surface area (Å²) in [6, 6.07) is 1.76. The van der Waals surface area contributed by atoms with Gasteiger partial charge in [0.05, 0.1) is 12.4 Å². The summed E-state index contributed by atoms with van der Waals surface area (Å²) in [4.78, 5) is 57.1. The van der Waals surface area contributed by atoms with Gasteiger partial charge in [0.25, 0.3) is 0 Å². The lowest BCUT2D eigenvalue weighted by Crippen LogP contribution is -2.58. The highest BCUT2D eigenvalue weighted by Gasteiger charge is 2.30. The Balaban J connectivity index is 2.21. The van der Waals surface area contributed by atoms with Gasteiger partial charge in [-0.25, -0.2) is 9.78 Å². The molecule has 0 fully saturated rings. The molecule has 0 spiro atoms. The number of aromatic nitrogens is 2. The fourth-order valence-corrected chi connectivity index (χ4v) is 3.76. The molecular weight excluding hydrogens is 500 g/mol. The van der Waals surface area contributed by atoms with Crippen LogP contribution in [0, 0.1) is 5.92 Å². The molecule has 4 unspecified atom stereocenters. The van der Waals surface area contributed by atoms with Crippen molar-refractivity contribution in [2.45, 2.75) is 57.3 Å². The van der Waals surface area contributed by atoms with Crippen molar-refractivity contribution in [3.05, 3.63) is 48.0 Å². The van der Waals surface area contributed by atoms with Crippen molar-refractivity contribution >= 4 is 36.3 Å². The molecule has 3 amide bonds. The van der Waals surface area contributed by atoms with E-state index in [4.69, 9.17) is 5.73 Å². The third kappa shape index (κ3) is 9.77. The minimum atomic E-state index is -1.25. The summed E-state index contributed by atoms with van der Waals surface area (Å²) in [5, 5.41) is 26.5. The molecule has 1 aromatic carbocycles. The van der Waals surface area contributed by atoms with Gasteiger partial charge in [0.15, 0.2) is 0 Å². The first kappa shape index (κ1) is 29.6. The molecule has 2 aromatic rings. The van der Waals surface area contributed by atoms with Crippen molar-refractivity contribution in [2.24, 2.45) is 11.7 Å². The van der Waals surface area contributed by atoms with Crippen molar-refractivity contribution < 1.29 is 29.4 Å². The molecule has 13 heteroatoms. The van der Waals surface area contributed by atoms with Crippen LogP contribution in [-0.2, 0) is 32.0 Å². The van der Waals surface area contributed by atoms with Crippen molar-refractivity contribution in [2.75, 3.05) is 5.75 Å². The number of thiol groups is 1. The molecule has 0 radical (unpaired) electrons. The SMILES string of the molecule is CC(C)CC(NC(=O)C(Cc1ccc(O)cc1)NC(=O)C(N)Cc1cnc[nH]1)C(=O)NC(CS)C(=O)O. The van der Waals surface area contributed by atoms with Crippen LogP contribution in [0.5, 0.6) is 5.75 Å². The number of hydrogen-bond donors (Lipinski definition) is 8. The number of nitrogens with two attached hydrogens (primary N) is 1. The molecule has 202 valence electrons. The van der Waals surface area contributed by atoms with Gasteiger partial charge in [0.1, 0.15) is 23.9 Å². The number of carboxylic acids is 1. The molecule has 8 N–H and O–H groups in total. The maximum absolute atomic E-state index is 13.3. The van der Waals surface area contributed by atoms with Gasteiger partial charge in [0.2, 0.25) is 17.7 Å². The molecule has 0 aliphatic rings. The second kappa shape index (κ2) is 14.2. The second-order valence-electron chi connectivity index (χ2n) is 9.09. The zero-order valence-electron chi connectivity index (χ0n) is 20.7. The van der Waals surface area contributed by atoms with Crippen molar-refractivity contribution in [1.82, 2.24) is 25.9 Å². The number of nitrogens with zero attached hydrogens (tertiary/aromatic N) is 1. The van der Waals surface area contributed by atoms with Crippen LogP contribution in [0.3, 0.4) is 0 Å². The first-order valence-electron chi connectivity index (χ1n) is 11.8. The van der Waals surface area contributed by atoms with Gasteiger partial charge in [-0.1, -0.05) is 26.0 Å². The number of aromatic amines is 1. The number of nitrogens with one attached hydrogen (secondary N) is 4. The number of benzene rings is 1. The second-order valence-corrected chi connectivity index (χ2v) is 9.46. The normalized spacial score (nSPS) is 14.3. The van der Waals surface area contributed by atoms with Crippen LogP contribution in [0.15, 0.2) is 36.8 Å². The number of rotatable bonds is 14. The maximum Gasteiger partial charge on any atom is 0.327 e. The summed E-state index contributed by atoms with van der Waals surface area (Å²) in [5.74, 6) is -3.24. The van der Waals surface area contributed by atoms with E-state index in [0.29, 0.717) is 11.3 Å². The largest absolute Gasteiger partial charge is 0.508 e. The van der Waals surface area contributed by atoms with Crippen LogP contribution in [0.1, 0.15) is 31.5 Å². The lowest BCUT2D eigenvalue weighted by Gasteiger charge is -2.26. The highest BCUT2D eigenvalue weighted by Crippen LogP contribution is 2.13. The van der Waals surface area contributed by atoms with E-state index in [0.717, 1.165) is 0 Å². The van der Waals surface area contributed by atoms with Crippen LogP contribution in [0.2, 0.25) is 0 Å². The summed E-state index contributed by atoms with van der Waals surface area (Å²) in [5.41, 5.74) is 7.32. The van der Waals surface area contributed by atoms with E-state index in [-0.39, 0.29) is 36.7 Å². The van der Waals surface area contributed by atoms with Crippen LogP contribution in [0.25, 0.3) is 0 Å². The quantitative estimate of drug-likeness (QED) is 0.152. The lowest BCUT2D eigenvalue weighted by molar-refractivity contribution is -0.141. The standard InChI is InChI=1S/C24H34N6O6S/c1-13(2)7-18(22(33)30-20(11-37)24(35)36)29-23(34)19(8-14-3-5-16(31)6-4-14)28-21(32)17(25)9-15-10-26-12-27-15/h3-6,10,12-13,17-20,31,37H,7-9,11,25H2,1-2H3,(H,26,27)(H,28,32)(H,29,34)(H,30,33)(H,35,36). The predicted octanol–water partition coefficient (Wildman–Crippen LogP) is -0.257. The summed E-state index contributed by atoms with van der Waals surface area (Å²) < 4.78 is 0. The minimum Gasteiger partial charge on any atom is -0.508 e. The molecule has 0 bridgehead atoms. The van der Waals surface area contributed by atoms with E-state index in [9.17, 15) is 29.4 Å². The number of phenolic OH excluding ortho intramolecular Hbond substituents is 1. The zero-order chi connectivity index (χ0) is 27.5. The molecule has 0 aliphatic carbocycles. The lowest BCUT2D eigenvalue weighted by atomic mass is 10.0. The van der Waals surface area contributed by atoms with Gasteiger partial charge in [-0.15, -0.1) is 0 Å². The molecule has 4 atom stereocenters. The summed E-state index contributed by atoms with van der Waals surface area (Å²) in [6.07, 6.45) is 3.45. The Morgan fingerprint density at radius 2 is 1.57 bits per heavy atom. The monoisotopic (exact) mass is 534 g/mol. The van der Waals surface area contributed by atoms with E-state index in [2.05, 4.69) is 38.5 Å². The van der Waals surface area contributed by atoms with Crippen LogP contribution in [0.4, 0.5) is 0 Å². The van der Waals surface area contributed by atoms with Gasteiger partial charge < -0.3 is 36.9 Å². The van der Waals surface area contributed by atoms with Crippen LogP contribution < -0.4 is 21.7 Å². The van der Waals surface area contributed by atoms with E-state index in [1.807, 2.05) is 13.8 Å². The van der Waals surface area contributed by atoms with Gasteiger partial charge in [-0.2, -0.15) is 12.6 Å². The first-order chi connectivity index (χ1) is 17.5. The molecule has 2 rings (SSSR count). The minimum absolute atomic E-state index is 0.0108. The average Bonchev–Trinajstić information content (AvgIpc) is 3.35. The number of carbonyl (C=O) groups is 4. The molecule has 1 heterocycles. The third-order valence-electron chi connectivity index (χ3n) is 5.48. The molecule has 0 aliphatic heterocycles. The number of phenols is 1. The first-order valence-corrected chi connectivity index (χ1v) is 12.4. The van der Waals surface area contributed by atoms with Gasteiger partial charge in [0, 0.05) is 30.5 Å². The maximum atomic E-state index is 13.3. The number of amides is 3. The molecule has 0 saturated heterocycles. The molecular formula is C24H34N6O6S. The number of carboxylic acid groups (broad SMARTS) is 1. The van der Waals surface area contributed by atoms with Gasteiger partial charge in [-0.05, 0) is 30.0 Å². The van der Waals surface area contributed by atoms with Crippen LogP contribution >= 0.6 is 12.6 Å². The van der Waals surface area contributed by atoms with E-state index in [1.54, 1.807) is 12.1 Å². The summed E-state index contributed by atoms with van der Waals surface area (Å²) in [7, 11) is 0. The van der Waals surface area contributed by atoms with Gasteiger partial charge >= 0.3 is 5.97 Å². The Bertz CT molecular complexity index is 1050.